The fourth-order valence-electron chi connectivity index (χ4n) is 2.23. The van der Waals surface area contributed by atoms with Crippen molar-refractivity contribution in [3.05, 3.63) is 53.8 Å². The first-order valence-corrected chi connectivity index (χ1v) is 7.70. The molecule has 1 aliphatic rings. The van der Waals surface area contributed by atoms with Crippen LogP contribution in [-0.4, -0.2) is 31.2 Å². The molecule has 0 radical (unpaired) electrons. The molecule has 3 rings (SSSR count). The van der Waals surface area contributed by atoms with Crippen LogP contribution in [0.1, 0.15) is 17.3 Å². The molecule has 0 bridgehead atoms. The fourth-order valence-corrected chi connectivity index (χ4v) is 2.23. The van der Waals surface area contributed by atoms with Gasteiger partial charge in [-0.3, -0.25) is 4.79 Å². The molecule has 0 saturated heterocycles. The molecular weight excluding hydrogens is 329 g/mol. The smallest absolute Gasteiger partial charge is 0.338 e. The zero-order valence-electron chi connectivity index (χ0n) is 13.5. The first kappa shape index (κ1) is 16.8. The summed E-state index contributed by atoms with van der Waals surface area (Å²) in [5.74, 6) is -0.502. The normalized spacial score (nSPS) is 13.7. The largest absolute Gasteiger partial charge is 0.486 e. The molecule has 0 aromatic heterocycles. The van der Waals surface area contributed by atoms with Crippen molar-refractivity contribution in [2.75, 3.05) is 18.5 Å². The van der Waals surface area contributed by atoms with E-state index in [2.05, 4.69) is 5.32 Å². The Labute approximate surface area is 143 Å². The van der Waals surface area contributed by atoms with Gasteiger partial charge in [-0.05, 0) is 43.3 Å². The van der Waals surface area contributed by atoms with E-state index in [1.807, 2.05) is 0 Å². The number of amides is 1. The van der Waals surface area contributed by atoms with Crippen LogP contribution in [0.5, 0.6) is 11.5 Å². The molecule has 1 N–H and O–H groups in total. The average Bonchev–Trinajstić information content (AvgIpc) is 2.62. The number of carbonyl (C=O) groups is 2. The number of anilines is 1. The van der Waals surface area contributed by atoms with E-state index in [0.29, 0.717) is 30.4 Å². The zero-order valence-corrected chi connectivity index (χ0v) is 13.5. The van der Waals surface area contributed by atoms with Gasteiger partial charge in [-0.25, -0.2) is 9.18 Å². The molecule has 0 saturated carbocycles. The Morgan fingerprint density at radius 2 is 1.76 bits per heavy atom. The molecule has 1 atom stereocenters. The molecule has 1 aliphatic heterocycles. The molecular formula is C18H16FNO5. The van der Waals surface area contributed by atoms with E-state index in [4.69, 9.17) is 14.2 Å². The molecule has 25 heavy (non-hydrogen) atoms. The lowest BCUT2D eigenvalue weighted by molar-refractivity contribution is -0.123. The second-order valence-electron chi connectivity index (χ2n) is 5.40. The highest BCUT2D eigenvalue weighted by Gasteiger charge is 2.20. The lowest BCUT2D eigenvalue weighted by Crippen LogP contribution is -2.30. The van der Waals surface area contributed by atoms with Crippen LogP contribution in [0.15, 0.2) is 42.5 Å². The third-order valence-corrected chi connectivity index (χ3v) is 3.54. The van der Waals surface area contributed by atoms with Gasteiger partial charge in [-0.2, -0.15) is 0 Å². The summed E-state index contributed by atoms with van der Waals surface area (Å²) in [7, 11) is 0. The summed E-state index contributed by atoms with van der Waals surface area (Å²) in [6, 6.07) is 9.89. The number of nitrogens with one attached hydrogen (secondary N) is 1. The van der Waals surface area contributed by atoms with Gasteiger partial charge in [0.1, 0.15) is 19.0 Å². The number of ether oxygens (including phenoxy) is 3. The van der Waals surface area contributed by atoms with Gasteiger partial charge in [0, 0.05) is 11.8 Å². The fraction of sp³-hybridized carbons (Fsp3) is 0.222. The highest BCUT2D eigenvalue weighted by molar-refractivity contribution is 5.97. The van der Waals surface area contributed by atoms with Gasteiger partial charge >= 0.3 is 5.97 Å². The van der Waals surface area contributed by atoms with E-state index in [9.17, 15) is 14.0 Å². The van der Waals surface area contributed by atoms with Gasteiger partial charge in [0.2, 0.25) is 0 Å². The van der Waals surface area contributed by atoms with Crippen molar-refractivity contribution in [2.24, 2.45) is 0 Å². The van der Waals surface area contributed by atoms with Gasteiger partial charge < -0.3 is 19.5 Å². The predicted octanol–water partition coefficient (Wildman–Crippen LogP) is 2.78. The van der Waals surface area contributed by atoms with E-state index in [0.717, 1.165) is 12.1 Å². The van der Waals surface area contributed by atoms with Gasteiger partial charge in [-0.1, -0.05) is 0 Å². The molecule has 1 unspecified atom stereocenters. The highest BCUT2D eigenvalue weighted by atomic mass is 19.1. The lowest BCUT2D eigenvalue weighted by Gasteiger charge is -2.19. The molecule has 1 heterocycles. The monoisotopic (exact) mass is 345 g/mol. The lowest BCUT2D eigenvalue weighted by atomic mass is 10.2. The summed E-state index contributed by atoms with van der Waals surface area (Å²) >= 11 is 0. The van der Waals surface area contributed by atoms with Crippen LogP contribution < -0.4 is 14.8 Å². The molecule has 0 spiro atoms. The SMILES string of the molecule is CC(OC(=O)c1ccc(F)cc1)C(=O)Nc1ccc2c(c1)OCCO2. The van der Waals surface area contributed by atoms with Crippen LogP contribution in [0.2, 0.25) is 0 Å². The minimum Gasteiger partial charge on any atom is -0.486 e. The topological polar surface area (TPSA) is 73.9 Å². The number of benzene rings is 2. The first-order valence-electron chi connectivity index (χ1n) is 7.70. The van der Waals surface area contributed by atoms with Crippen molar-refractivity contribution in [1.82, 2.24) is 0 Å². The Hall–Kier alpha value is -3.09. The van der Waals surface area contributed by atoms with Gasteiger partial charge in [0.05, 0.1) is 5.56 Å². The predicted molar refractivity (Wildman–Crippen MR) is 87.3 cm³/mol. The average molecular weight is 345 g/mol. The maximum absolute atomic E-state index is 12.9. The van der Waals surface area contributed by atoms with Crippen molar-refractivity contribution >= 4 is 17.6 Å². The number of fused-ring (bicyclic) bond motifs is 1. The van der Waals surface area contributed by atoms with Crippen molar-refractivity contribution < 1.29 is 28.2 Å². The molecule has 130 valence electrons. The quantitative estimate of drug-likeness (QED) is 0.863. The Bertz CT molecular complexity index is 791. The van der Waals surface area contributed by atoms with E-state index in [1.54, 1.807) is 18.2 Å². The number of hydrogen-bond donors (Lipinski definition) is 1. The second-order valence-corrected chi connectivity index (χ2v) is 5.40. The summed E-state index contributed by atoms with van der Waals surface area (Å²) in [6.07, 6.45) is -1.02. The van der Waals surface area contributed by atoms with Gasteiger partial charge in [0.15, 0.2) is 17.6 Å². The van der Waals surface area contributed by atoms with Crippen LogP contribution in [0.25, 0.3) is 0 Å². The second kappa shape index (κ2) is 7.21. The summed E-state index contributed by atoms with van der Waals surface area (Å²) in [4.78, 5) is 24.1. The zero-order chi connectivity index (χ0) is 17.8. The third kappa shape index (κ3) is 4.06. The van der Waals surface area contributed by atoms with Crippen LogP contribution in [-0.2, 0) is 9.53 Å². The summed E-state index contributed by atoms with van der Waals surface area (Å²) < 4.78 is 28.8. The first-order chi connectivity index (χ1) is 12.0. The molecule has 1 amide bonds. The molecule has 2 aromatic rings. The standard InChI is InChI=1S/C18H16FNO5/c1-11(25-18(22)12-2-4-13(19)5-3-12)17(21)20-14-6-7-15-16(10-14)24-9-8-23-15/h2-7,10-11H,8-9H2,1H3,(H,20,21). The molecule has 0 fully saturated rings. The summed E-state index contributed by atoms with van der Waals surface area (Å²) in [6.45, 7) is 2.37. The van der Waals surface area contributed by atoms with Crippen LogP contribution in [0.3, 0.4) is 0 Å². The summed E-state index contributed by atoms with van der Waals surface area (Å²) in [5.41, 5.74) is 0.666. The number of esters is 1. The Kier molecular flexibility index (Phi) is 4.83. The van der Waals surface area contributed by atoms with E-state index < -0.39 is 23.8 Å². The maximum Gasteiger partial charge on any atom is 0.338 e. The minimum atomic E-state index is -1.02. The minimum absolute atomic E-state index is 0.167. The molecule has 7 heteroatoms. The molecule has 0 aliphatic carbocycles. The van der Waals surface area contributed by atoms with Crippen molar-refractivity contribution in [3.8, 4) is 11.5 Å². The van der Waals surface area contributed by atoms with Gasteiger partial charge in [0.25, 0.3) is 5.91 Å². The third-order valence-electron chi connectivity index (χ3n) is 3.54. The van der Waals surface area contributed by atoms with Crippen LogP contribution in [0.4, 0.5) is 10.1 Å². The Balaban J connectivity index is 1.60. The van der Waals surface area contributed by atoms with Crippen LogP contribution >= 0.6 is 0 Å². The van der Waals surface area contributed by atoms with Crippen LogP contribution in [0, 0.1) is 5.82 Å². The highest BCUT2D eigenvalue weighted by Crippen LogP contribution is 2.32. The Morgan fingerprint density at radius 3 is 2.48 bits per heavy atom. The number of halogens is 1. The Morgan fingerprint density at radius 1 is 1.08 bits per heavy atom. The van der Waals surface area contributed by atoms with Gasteiger partial charge in [-0.15, -0.1) is 0 Å². The van der Waals surface area contributed by atoms with Crippen molar-refractivity contribution in [2.45, 2.75) is 13.0 Å². The number of rotatable bonds is 4. The van der Waals surface area contributed by atoms with E-state index >= 15 is 0 Å². The van der Waals surface area contributed by atoms with Crippen molar-refractivity contribution in [3.63, 3.8) is 0 Å². The number of hydrogen-bond acceptors (Lipinski definition) is 5. The molecule has 6 nitrogen and oxygen atoms in total. The summed E-state index contributed by atoms with van der Waals surface area (Å²) in [5, 5.41) is 2.65. The van der Waals surface area contributed by atoms with E-state index in [-0.39, 0.29) is 5.56 Å². The maximum atomic E-state index is 12.9. The number of carbonyl (C=O) groups excluding carboxylic acids is 2. The molecule has 2 aromatic carbocycles. The van der Waals surface area contributed by atoms with E-state index in [1.165, 1.54) is 19.1 Å². The van der Waals surface area contributed by atoms with Crippen molar-refractivity contribution in [1.29, 1.82) is 0 Å².